The molecule has 1 aliphatic carbocycles. The van der Waals surface area contributed by atoms with Gasteiger partial charge in [0, 0.05) is 53.5 Å². The fourth-order valence-corrected chi connectivity index (χ4v) is 7.97. The highest BCUT2D eigenvalue weighted by Crippen LogP contribution is 2.50. The maximum Gasteiger partial charge on any atom is 0.243 e. The number of allylic oxidation sites excluding steroid dienone is 2. The molecule has 3 unspecified atom stereocenters. The summed E-state index contributed by atoms with van der Waals surface area (Å²) in [6, 6.07) is 31.0. The Hall–Kier alpha value is -3.87. The van der Waals surface area contributed by atoms with Crippen LogP contribution in [0.4, 0.5) is 5.69 Å². The van der Waals surface area contributed by atoms with Gasteiger partial charge in [-0.2, -0.15) is 4.31 Å². The molecule has 0 saturated carbocycles. The van der Waals surface area contributed by atoms with E-state index in [-0.39, 0.29) is 12.0 Å². The van der Waals surface area contributed by atoms with Crippen LogP contribution in [0.1, 0.15) is 42.0 Å². The first-order chi connectivity index (χ1) is 19.5. The van der Waals surface area contributed by atoms with Gasteiger partial charge in [0.15, 0.2) is 0 Å². The number of aromatic nitrogens is 1. The van der Waals surface area contributed by atoms with Crippen LogP contribution < -0.4 is 5.32 Å². The van der Waals surface area contributed by atoms with E-state index >= 15 is 0 Å². The Morgan fingerprint density at radius 1 is 0.900 bits per heavy atom. The van der Waals surface area contributed by atoms with E-state index in [1.807, 2.05) is 42.5 Å². The van der Waals surface area contributed by atoms with Gasteiger partial charge in [0.2, 0.25) is 10.0 Å². The number of anilines is 1. The van der Waals surface area contributed by atoms with Crippen molar-refractivity contribution < 1.29 is 8.42 Å². The Bertz CT molecular complexity index is 1870. The topological polar surface area (TPSA) is 54.3 Å². The summed E-state index contributed by atoms with van der Waals surface area (Å²) in [5, 5.41) is 6.38. The van der Waals surface area contributed by atoms with Gasteiger partial charge >= 0.3 is 0 Å². The Morgan fingerprint density at radius 3 is 2.50 bits per heavy atom. The zero-order valence-corrected chi connectivity index (χ0v) is 23.6. The van der Waals surface area contributed by atoms with E-state index in [0.29, 0.717) is 17.4 Å². The van der Waals surface area contributed by atoms with E-state index in [9.17, 15) is 8.42 Å². The first-order valence-corrected chi connectivity index (χ1v) is 15.5. The number of nitrogens with one attached hydrogen (secondary N) is 1. The summed E-state index contributed by atoms with van der Waals surface area (Å²) in [5.74, 6) is 0.494. The third-order valence-electron chi connectivity index (χ3n) is 8.76. The molecule has 5 nitrogen and oxygen atoms in total. The lowest BCUT2D eigenvalue weighted by molar-refractivity contribution is 0.425. The molecule has 1 N–H and O–H groups in total. The number of hydrogen-bond acceptors (Lipinski definition) is 3. The first-order valence-electron chi connectivity index (χ1n) is 14.0. The average Bonchev–Trinajstić information content (AvgIpc) is 3.60. The van der Waals surface area contributed by atoms with Gasteiger partial charge in [-0.25, -0.2) is 8.42 Å². The van der Waals surface area contributed by atoms with Crippen molar-refractivity contribution >= 4 is 37.5 Å². The number of nitrogens with zero attached hydrogens (tertiary/aromatic N) is 2. The van der Waals surface area contributed by atoms with Crippen molar-refractivity contribution in [1.29, 1.82) is 0 Å². The number of para-hydroxylation sites is 1. The van der Waals surface area contributed by atoms with E-state index in [0.717, 1.165) is 29.8 Å². The lowest BCUT2D eigenvalue weighted by atomic mass is 9.77. The van der Waals surface area contributed by atoms with Crippen molar-refractivity contribution in [3.63, 3.8) is 0 Å². The minimum atomic E-state index is -3.63. The largest absolute Gasteiger partial charge is 0.378 e. The molecule has 0 saturated heterocycles. The monoisotopic (exact) mass is 547 g/mol. The number of aryl methyl sites for hydroxylation is 1. The molecule has 40 heavy (non-hydrogen) atoms. The standard InChI is InChI=1S/C34H33N3O2S/c1-3-37-32-15-8-7-12-27(32)30-20-24(16-19-33(30)37)34-28-14-9-13-26(28)29-21-25(17-18-31(29)35-34)40(38,39)36(2)22-23-10-5-4-6-11-23/h4-13,15-21,26,28,34-35H,3,14,22H2,1-2H3. The third kappa shape index (κ3) is 3.97. The number of fused-ring (bicyclic) bond motifs is 6. The maximum absolute atomic E-state index is 13.5. The van der Waals surface area contributed by atoms with Gasteiger partial charge in [-0.05, 0) is 72.4 Å². The van der Waals surface area contributed by atoms with E-state index in [1.54, 1.807) is 13.1 Å². The number of hydrogen-bond donors (Lipinski definition) is 1. The Labute approximate surface area is 235 Å². The van der Waals surface area contributed by atoms with Crippen LogP contribution in [0.25, 0.3) is 21.8 Å². The predicted molar refractivity (Wildman–Crippen MR) is 163 cm³/mol. The van der Waals surface area contributed by atoms with Crippen molar-refractivity contribution in [3.05, 3.63) is 120 Å². The molecule has 2 aliphatic rings. The zero-order chi connectivity index (χ0) is 27.4. The van der Waals surface area contributed by atoms with Crippen LogP contribution in [0.3, 0.4) is 0 Å². The van der Waals surface area contributed by atoms with Gasteiger partial charge in [-0.3, -0.25) is 0 Å². The van der Waals surface area contributed by atoms with Crippen LogP contribution in [0.2, 0.25) is 0 Å². The van der Waals surface area contributed by atoms with Crippen molar-refractivity contribution in [1.82, 2.24) is 8.87 Å². The summed E-state index contributed by atoms with van der Waals surface area (Å²) < 4.78 is 30.9. The minimum Gasteiger partial charge on any atom is -0.378 e. The van der Waals surface area contributed by atoms with Crippen LogP contribution >= 0.6 is 0 Å². The molecule has 2 heterocycles. The smallest absolute Gasteiger partial charge is 0.243 e. The summed E-state index contributed by atoms with van der Waals surface area (Å²) in [7, 11) is -1.98. The average molecular weight is 548 g/mol. The number of rotatable bonds is 6. The molecule has 1 aromatic heterocycles. The van der Waals surface area contributed by atoms with Gasteiger partial charge in [-0.1, -0.05) is 66.7 Å². The summed E-state index contributed by atoms with van der Waals surface area (Å²) >= 11 is 0. The van der Waals surface area contributed by atoms with E-state index in [4.69, 9.17) is 0 Å². The minimum absolute atomic E-state index is 0.142. The van der Waals surface area contributed by atoms with Gasteiger partial charge in [0.25, 0.3) is 0 Å². The van der Waals surface area contributed by atoms with Gasteiger partial charge in [0.1, 0.15) is 0 Å². The van der Waals surface area contributed by atoms with Crippen LogP contribution in [-0.2, 0) is 23.1 Å². The molecular formula is C34H33N3O2S. The summed E-state index contributed by atoms with van der Waals surface area (Å²) in [6.45, 7) is 3.46. The third-order valence-corrected chi connectivity index (χ3v) is 10.6. The molecule has 4 aromatic carbocycles. The van der Waals surface area contributed by atoms with E-state index in [1.165, 1.54) is 31.7 Å². The molecular weight excluding hydrogens is 514 g/mol. The van der Waals surface area contributed by atoms with Crippen LogP contribution in [0.15, 0.2) is 108 Å². The highest BCUT2D eigenvalue weighted by molar-refractivity contribution is 7.89. The van der Waals surface area contributed by atoms with Crippen LogP contribution in [-0.4, -0.2) is 24.3 Å². The predicted octanol–water partition coefficient (Wildman–Crippen LogP) is 7.46. The van der Waals surface area contributed by atoms with E-state index in [2.05, 4.69) is 71.4 Å². The van der Waals surface area contributed by atoms with Gasteiger partial charge in [0.05, 0.1) is 10.9 Å². The maximum atomic E-state index is 13.5. The second-order valence-electron chi connectivity index (χ2n) is 11.0. The van der Waals surface area contributed by atoms with Crippen molar-refractivity contribution in [2.24, 2.45) is 5.92 Å². The number of benzene rings is 4. The first kappa shape index (κ1) is 25.1. The second-order valence-corrected chi connectivity index (χ2v) is 13.1. The molecule has 1 aliphatic heterocycles. The highest BCUT2D eigenvalue weighted by atomic mass is 32.2. The zero-order valence-electron chi connectivity index (χ0n) is 22.8. The highest BCUT2D eigenvalue weighted by Gasteiger charge is 2.39. The van der Waals surface area contributed by atoms with Crippen LogP contribution in [0, 0.1) is 5.92 Å². The fraction of sp³-hybridized carbons (Fsp3) is 0.235. The summed E-state index contributed by atoms with van der Waals surface area (Å²) in [5.41, 5.74) is 6.85. The van der Waals surface area contributed by atoms with Crippen LogP contribution in [0.5, 0.6) is 0 Å². The molecule has 6 heteroatoms. The Balaban J connectivity index is 1.24. The molecule has 5 aromatic rings. The molecule has 202 valence electrons. The van der Waals surface area contributed by atoms with E-state index < -0.39 is 10.0 Å². The molecule has 0 fully saturated rings. The SMILES string of the molecule is CCn1c2ccccc2c2cc(C3Nc4ccc(S(=O)(=O)N(C)Cc5ccccc5)cc4C4C=CCC43)ccc21. The van der Waals surface area contributed by atoms with Crippen molar-refractivity contribution in [2.45, 2.75) is 43.3 Å². The lowest BCUT2D eigenvalue weighted by Crippen LogP contribution is -2.30. The normalized spacial score (nSPS) is 20.1. The molecule has 0 bridgehead atoms. The molecule has 7 rings (SSSR count). The lowest BCUT2D eigenvalue weighted by Gasteiger charge is -2.38. The Kier molecular flexibility index (Phi) is 6.06. The van der Waals surface area contributed by atoms with Gasteiger partial charge in [-0.15, -0.1) is 0 Å². The van der Waals surface area contributed by atoms with Gasteiger partial charge < -0.3 is 9.88 Å². The summed E-state index contributed by atoms with van der Waals surface area (Å²) in [4.78, 5) is 0.345. The molecule has 0 spiro atoms. The molecule has 0 amide bonds. The van der Waals surface area contributed by atoms with Crippen molar-refractivity contribution in [3.8, 4) is 0 Å². The number of sulfonamides is 1. The molecule has 0 radical (unpaired) electrons. The quantitative estimate of drug-likeness (QED) is 0.225. The fourth-order valence-electron chi connectivity index (χ4n) is 6.77. The molecule has 3 atom stereocenters. The Morgan fingerprint density at radius 2 is 1.68 bits per heavy atom. The summed E-state index contributed by atoms with van der Waals surface area (Å²) in [6.07, 6.45) is 5.48. The second kappa shape index (κ2) is 9.65. The van der Waals surface area contributed by atoms with Crippen molar-refractivity contribution in [2.75, 3.05) is 12.4 Å².